The van der Waals surface area contributed by atoms with Crippen LogP contribution in [0.15, 0.2) is 91.0 Å². The van der Waals surface area contributed by atoms with E-state index in [1.807, 2.05) is 62.4 Å². The Hall–Kier alpha value is -3.92. The summed E-state index contributed by atoms with van der Waals surface area (Å²) in [5, 5.41) is 2.22. The molecule has 4 aromatic rings. The molecular weight excluding hydrogens is 424 g/mol. The number of benzene rings is 4. The van der Waals surface area contributed by atoms with E-state index in [4.69, 9.17) is 9.47 Å². The van der Waals surface area contributed by atoms with E-state index in [-0.39, 0.29) is 24.3 Å². The number of hydrogen-bond donors (Lipinski definition) is 0. The summed E-state index contributed by atoms with van der Waals surface area (Å²) in [4.78, 5) is 25.6. The molecule has 4 heteroatoms. The molecule has 0 aliphatic heterocycles. The van der Waals surface area contributed by atoms with Crippen LogP contribution < -0.4 is 4.74 Å². The first-order valence-electron chi connectivity index (χ1n) is 11.4. The predicted octanol–water partition coefficient (Wildman–Crippen LogP) is 6.53. The van der Waals surface area contributed by atoms with Crippen LogP contribution in [-0.4, -0.2) is 25.5 Å². The Morgan fingerprint density at radius 1 is 0.735 bits per heavy atom. The number of ether oxygens (including phenoxy) is 2. The van der Waals surface area contributed by atoms with Crippen molar-refractivity contribution >= 4 is 22.5 Å². The second-order valence-electron chi connectivity index (χ2n) is 8.55. The quantitative estimate of drug-likeness (QED) is 0.225. The molecule has 0 aliphatic rings. The van der Waals surface area contributed by atoms with Crippen LogP contribution in [0.2, 0.25) is 0 Å². The van der Waals surface area contributed by atoms with Crippen LogP contribution in [0, 0.1) is 0 Å². The minimum absolute atomic E-state index is 0.0497. The van der Waals surface area contributed by atoms with Crippen molar-refractivity contribution in [1.82, 2.24) is 0 Å². The van der Waals surface area contributed by atoms with Gasteiger partial charge in [-0.1, -0.05) is 79.7 Å². The number of carbonyl (C=O) groups excluding carboxylic acids is 2. The van der Waals surface area contributed by atoms with Crippen molar-refractivity contribution in [2.45, 2.75) is 25.7 Å². The smallest absolute Gasteiger partial charge is 0.313 e. The monoisotopic (exact) mass is 452 g/mol. The van der Waals surface area contributed by atoms with Gasteiger partial charge in [-0.2, -0.15) is 0 Å². The summed E-state index contributed by atoms with van der Waals surface area (Å²) in [5.41, 5.74) is 3.05. The van der Waals surface area contributed by atoms with Gasteiger partial charge in [0.25, 0.3) is 0 Å². The number of ketones is 1. The molecule has 0 heterocycles. The zero-order chi connectivity index (χ0) is 24.1. The molecule has 0 spiro atoms. The van der Waals surface area contributed by atoms with E-state index in [0.29, 0.717) is 11.1 Å². The van der Waals surface area contributed by atoms with E-state index in [9.17, 15) is 9.59 Å². The SMILES string of the molecule is COc1ccc2cc([C@@H](C)COC(=O)[C@@H](C)c3cccc(C(=O)c4ccccc4)c3)ccc2c1. The Kier molecular flexibility index (Phi) is 7.07. The van der Waals surface area contributed by atoms with Crippen molar-refractivity contribution in [2.75, 3.05) is 13.7 Å². The summed E-state index contributed by atoms with van der Waals surface area (Å²) in [6.07, 6.45) is 0. The fourth-order valence-electron chi connectivity index (χ4n) is 3.95. The third kappa shape index (κ3) is 5.18. The average Bonchev–Trinajstić information content (AvgIpc) is 2.90. The van der Waals surface area contributed by atoms with Crippen LogP contribution in [0.25, 0.3) is 10.8 Å². The lowest BCUT2D eigenvalue weighted by Gasteiger charge is -2.17. The van der Waals surface area contributed by atoms with Gasteiger partial charge in [-0.05, 0) is 47.0 Å². The van der Waals surface area contributed by atoms with E-state index in [2.05, 4.69) is 18.2 Å². The van der Waals surface area contributed by atoms with Crippen molar-refractivity contribution in [3.63, 3.8) is 0 Å². The van der Waals surface area contributed by atoms with Gasteiger partial charge >= 0.3 is 5.97 Å². The third-order valence-electron chi connectivity index (χ3n) is 6.15. The molecule has 0 fully saturated rings. The lowest BCUT2D eigenvalue weighted by molar-refractivity contribution is -0.145. The van der Waals surface area contributed by atoms with Crippen LogP contribution in [0.1, 0.15) is 52.7 Å². The highest BCUT2D eigenvalue weighted by atomic mass is 16.5. The molecular formula is C30H28O4. The number of esters is 1. The molecule has 0 N–H and O–H groups in total. The van der Waals surface area contributed by atoms with E-state index in [1.165, 1.54) is 0 Å². The molecule has 0 aliphatic carbocycles. The summed E-state index contributed by atoms with van der Waals surface area (Å²) >= 11 is 0. The van der Waals surface area contributed by atoms with Gasteiger partial charge in [0, 0.05) is 17.0 Å². The fourth-order valence-corrected chi connectivity index (χ4v) is 3.95. The topological polar surface area (TPSA) is 52.6 Å². The Bertz CT molecular complexity index is 1310. The third-order valence-corrected chi connectivity index (χ3v) is 6.15. The minimum atomic E-state index is -0.472. The van der Waals surface area contributed by atoms with Gasteiger partial charge in [-0.15, -0.1) is 0 Å². The first-order chi connectivity index (χ1) is 16.5. The van der Waals surface area contributed by atoms with Gasteiger partial charge < -0.3 is 9.47 Å². The second kappa shape index (κ2) is 10.3. The molecule has 4 rings (SSSR count). The standard InChI is InChI=1S/C30H28O4/c1-20(23-12-13-26-18-28(33-3)15-14-25(26)16-23)19-34-30(32)21(2)24-10-7-11-27(17-24)29(31)22-8-5-4-6-9-22/h4-18,20-21H,19H2,1-3H3/t20-,21-/m0/s1. The summed E-state index contributed by atoms with van der Waals surface area (Å²) in [6.45, 7) is 4.14. The summed E-state index contributed by atoms with van der Waals surface area (Å²) in [7, 11) is 1.66. The Morgan fingerprint density at radius 2 is 1.44 bits per heavy atom. The number of fused-ring (bicyclic) bond motifs is 1. The van der Waals surface area contributed by atoms with Gasteiger partial charge in [-0.3, -0.25) is 9.59 Å². The molecule has 0 aromatic heterocycles. The second-order valence-corrected chi connectivity index (χ2v) is 8.55. The van der Waals surface area contributed by atoms with Crippen molar-refractivity contribution in [3.8, 4) is 5.75 Å². The maximum absolute atomic E-state index is 12.8. The molecule has 0 radical (unpaired) electrons. The van der Waals surface area contributed by atoms with Gasteiger partial charge in [0.15, 0.2) is 5.78 Å². The lowest BCUT2D eigenvalue weighted by atomic mass is 9.95. The maximum atomic E-state index is 12.8. The van der Waals surface area contributed by atoms with E-state index < -0.39 is 5.92 Å². The van der Waals surface area contributed by atoms with Gasteiger partial charge in [0.05, 0.1) is 19.6 Å². The highest BCUT2D eigenvalue weighted by molar-refractivity contribution is 6.09. The summed E-state index contributed by atoms with van der Waals surface area (Å²) in [5.74, 6) is 0.0337. The lowest BCUT2D eigenvalue weighted by Crippen LogP contribution is -2.17. The van der Waals surface area contributed by atoms with E-state index >= 15 is 0 Å². The maximum Gasteiger partial charge on any atom is 0.313 e. The summed E-state index contributed by atoms with van der Waals surface area (Å²) < 4.78 is 11.0. The molecule has 34 heavy (non-hydrogen) atoms. The molecule has 0 amide bonds. The zero-order valence-electron chi connectivity index (χ0n) is 19.7. The van der Waals surface area contributed by atoms with Crippen molar-refractivity contribution < 1.29 is 19.1 Å². The van der Waals surface area contributed by atoms with Crippen LogP contribution in [-0.2, 0) is 9.53 Å². The highest BCUT2D eigenvalue weighted by Crippen LogP contribution is 2.26. The van der Waals surface area contributed by atoms with Crippen LogP contribution in [0.4, 0.5) is 0 Å². The van der Waals surface area contributed by atoms with Crippen molar-refractivity contribution in [3.05, 3.63) is 113 Å². The number of hydrogen-bond acceptors (Lipinski definition) is 4. The van der Waals surface area contributed by atoms with E-state index in [1.54, 1.807) is 31.4 Å². The average molecular weight is 453 g/mol. The highest BCUT2D eigenvalue weighted by Gasteiger charge is 2.20. The molecule has 0 saturated carbocycles. The number of methoxy groups -OCH3 is 1. The largest absolute Gasteiger partial charge is 0.497 e. The van der Waals surface area contributed by atoms with Crippen LogP contribution in [0.3, 0.4) is 0 Å². The molecule has 0 saturated heterocycles. The Balaban J connectivity index is 1.41. The summed E-state index contributed by atoms with van der Waals surface area (Å²) in [6, 6.07) is 28.6. The van der Waals surface area contributed by atoms with Crippen LogP contribution >= 0.6 is 0 Å². The van der Waals surface area contributed by atoms with Crippen LogP contribution in [0.5, 0.6) is 5.75 Å². The molecule has 4 nitrogen and oxygen atoms in total. The van der Waals surface area contributed by atoms with Gasteiger partial charge in [-0.25, -0.2) is 0 Å². The molecule has 0 bridgehead atoms. The molecule has 0 unspecified atom stereocenters. The van der Waals surface area contributed by atoms with Gasteiger partial charge in [0.2, 0.25) is 0 Å². The molecule has 4 aromatic carbocycles. The molecule has 172 valence electrons. The predicted molar refractivity (Wildman–Crippen MR) is 135 cm³/mol. The van der Waals surface area contributed by atoms with Gasteiger partial charge in [0.1, 0.15) is 5.75 Å². The van der Waals surface area contributed by atoms with E-state index in [0.717, 1.165) is 27.6 Å². The van der Waals surface area contributed by atoms with Crippen molar-refractivity contribution in [2.24, 2.45) is 0 Å². The minimum Gasteiger partial charge on any atom is -0.497 e. The first-order valence-corrected chi connectivity index (χ1v) is 11.4. The number of carbonyl (C=O) groups is 2. The zero-order valence-corrected chi connectivity index (χ0v) is 19.7. The molecule has 2 atom stereocenters. The fraction of sp³-hybridized carbons (Fsp3) is 0.200. The Morgan fingerprint density at radius 3 is 2.21 bits per heavy atom. The first kappa shape index (κ1) is 23.2. The van der Waals surface area contributed by atoms with Crippen molar-refractivity contribution in [1.29, 1.82) is 0 Å². The Labute approximate surface area is 200 Å². The number of rotatable bonds is 8. The normalized spacial score (nSPS) is 12.7.